The average Bonchev–Trinajstić information content (AvgIpc) is 2.70. The Kier molecular flexibility index (Phi) is 3.52. The molecule has 1 aliphatic heterocycles. The number of carbonyl (C=O) groups is 1. The quantitative estimate of drug-likeness (QED) is 0.825. The summed E-state index contributed by atoms with van der Waals surface area (Å²) in [5.41, 5.74) is 0.225. The zero-order valence-corrected chi connectivity index (χ0v) is 11.0. The Labute approximate surface area is 106 Å². The lowest BCUT2D eigenvalue weighted by atomic mass is 10.1. The van der Waals surface area contributed by atoms with Crippen molar-refractivity contribution >= 4 is 5.91 Å². The summed E-state index contributed by atoms with van der Waals surface area (Å²) < 4.78 is 0. The number of rotatable bonds is 2. The van der Waals surface area contributed by atoms with E-state index >= 15 is 0 Å². The van der Waals surface area contributed by atoms with Gasteiger partial charge in [0.1, 0.15) is 0 Å². The van der Waals surface area contributed by atoms with E-state index in [2.05, 4.69) is 16.8 Å². The van der Waals surface area contributed by atoms with E-state index < -0.39 is 0 Å². The summed E-state index contributed by atoms with van der Waals surface area (Å²) in [6.07, 6.45) is 1.51. The minimum Gasteiger partial charge on any atom is -0.337 e. The highest BCUT2D eigenvalue weighted by Crippen LogP contribution is 2.21. The lowest BCUT2D eigenvalue weighted by molar-refractivity contribution is 0.0781. The lowest BCUT2D eigenvalue weighted by Crippen LogP contribution is -2.36. The first-order valence-electron chi connectivity index (χ1n) is 6.13. The first kappa shape index (κ1) is 12.8. The molecule has 1 aromatic rings. The molecule has 0 aliphatic carbocycles. The van der Waals surface area contributed by atoms with Crippen LogP contribution in [0.1, 0.15) is 17.3 Å². The van der Waals surface area contributed by atoms with Gasteiger partial charge in [-0.25, -0.2) is 0 Å². The van der Waals surface area contributed by atoms with Gasteiger partial charge in [0, 0.05) is 37.0 Å². The second kappa shape index (κ2) is 4.94. The van der Waals surface area contributed by atoms with E-state index in [0.717, 1.165) is 13.1 Å². The molecule has 2 heterocycles. The Morgan fingerprint density at radius 3 is 2.72 bits per heavy atom. The van der Waals surface area contributed by atoms with E-state index in [1.165, 1.54) is 12.3 Å². The fraction of sp³-hybridized carbons (Fsp3) is 0.538. The molecular weight excluding hydrogens is 230 g/mol. The molecule has 98 valence electrons. The maximum atomic E-state index is 12.3. The maximum absolute atomic E-state index is 12.3. The van der Waals surface area contributed by atoms with Gasteiger partial charge < -0.3 is 14.8 Å². The smallest absolute Gasteiger partial charge is 0.254 e. The van der Waals surface area contributed by atoms with Crippen molar-refractivity contribution in [3.05, 3.63) is 34.2 Å². The zero-order valence-electron chi connectivity index (χ0n) is 11.0. The van der Waals surface area contributed by atoms with E-state index in [1.54, 1.807) is 6.07 Å². The summed E-state index contributed by atoms with van der Waals surface area (Å²) in [5, 5.41) is 0. The molecule has 18 heavy (non-hydrogen) atoms. The van der Waals surface area contributed by atoms with Crippen molar-refractivity contribution in [1.82, 2.24) is 14.8 Å². The van der Waals surface area contributed by atoms with Gasteiger partial charge in [-0.15, -0.1) is 0 Å². The van der Waals surface area contributed by atoms with Crippen LogP contribution in [0.3, 0.4) is 0 Å². The third-order valence-electron chi connectivity index (χ3n) is 3.55. The second-order valence-corrected chi connectivity index (χ2v) is 5.16. The molecule has 1 aliphatic rings. The zero-order chi connectivity index (χ0) is 13.3. The minimum atomic E-state index is -0.239. The highest BCUT2D eigenvalue weighted by atomic mass is 16.2. The lowest BCUT2D eigenvalue weighted by Gasteiger charge is -2.22. The third kappa shape index (κ3) is 2.46. The van der Waals surface area contributed by atoms with E-state index in [1.807, 2.05) is 19.0 Å². The molecule has 1 amide bonds. The van der Waals surface area contributed by atoms with Gasteiger partial charge in [-0.05, 0) is 26.1 Å². The summed E-state index contributed by atoms with van der Waals surface area (Å²) in [4.78, 5) is 30.0. The van der Waals surface area contributed by atoms with Crippen molar-refractivity contribution < 1.29 is 4.79 Å². The first-order chi connectivity index (χ1) is 8.49. The number of aromatic nitrogens is 1. The molecule has 1 fully saturated rings. The van der Waals surface area contributed by atoms with Crippen molar-refractivity contribution in [3.63, 3.8) is 0 Å². The molecule has 0 saturated carbocycles. The van der Waals surface area contributed by atoms with Crippen molar-refractivity contribution in [3.8, 4) is 0 Å². The SMILES string of the molecule is CC1CN(C(=O)c2cc[nH]c(=O)c2)CC1N(C)C. The topological polar surface area (TPSA) is 56.4 Å². The summed E-state index contributed by atoms with van der Waals surface area (Å²) in [6.45, 7) is 3.62. The highest BCUT2D eigenvalue weighted by Gasteiger charge is 2.33. The minimum absolute atomic E-state index is 0.0581. The van der Waals surface area contributed by atoms with Crippen LogP contribution in [0.5, 0.6) is 0 Å². The van der Waals surface area contributed by atoms with Crippen LogP contribution in [-0.2, 0) is 0 Å². The highest BCUT2D eigenvalue weighted by molar-refractivity contribution is 5.94. The predicted octanol–water partition coefficient (Wildman–Crippen LogP) is 0.397. The summed E-state index contributed by atoms with van der Waals surface area (Å²) in [6, 6.07) is 3.39. The molecule has 0 spiro atoms. The van der Waals surface area contributed by atoms with Crippen LogP contribution < -0.4 is 5.56 Å². The van der Waals surface area contributed by atoms with Crippen LogP contribution in [-0.4, -0.2) is 53.9 Å². The third-order valence-corrected chi connectivity index (χ3v) is 3.55. The van der Waals surface area contributed by atoms with Crippen LogP contribution in [0.4, 0.5) is 0 Å². The number of likely N-dealkylation sites (tertiary alicyclic amines) is 1. The van der Waals surface area contributed by atoms with Crippen molar-refractivity contribution in [2.75, 3.05) is 27.2 Å². The molecule has 1 saturated heterocycles. The standard InChI is InChI=1S/C13H19N3O2/c1-9-7-16(8-11(9)15(2)3)13(18)10-4-5-14-12(17)6-10/h4-6,9,11H,7-8H2,1-3H3,(H,14,17). The molecule has 1 N–H and O–H groups in total. The number of amides is 1. The fourth-order valence-electron chi connectivity index (χ4n) is 2.55. The van der Waals surface area contributed by atoms with Crippen LogP contribution >= 0.6 is 0 Å². The van der Waals surface area contributed by atoms with E-state index in [-0.39, 0.29) is 11.5 Å². The van der Waals surface area contributed by atoms with Crippen LogP contribution in [0.15, 0.2) is 23.1 Å². The second-order valence-electron chi connectivity index (χ2n) is 5.16. The van der Waals surface area contributed by atoms with Crippen LogP contribution in [0.2, 0.25) is 0 Å². The predicted molar refractivity (Wildman–Crippen MR) is 69.6 cm³/mol. The number of carbonyl (C=O) groups excluding carboxylic acids is 1. The van der Waals surface area contributed by atoms with Gasteiger partial charge in [0.15, 0.2) is 0 Å². The number of nitrogens with zero attached hydrogens (tertiary/aromatic N) is 2. The largest absolute Gasteiger partial charge is 0.337 e. The Balaban J connectivity index is 2.14. The van der Waals surface area contributed by atoms with Crippen molar-refractivity contribution in [2.24, 2.45) is 5.92 Å². The molecule has 2 rings (SSSR count). The maximum Gasteiger partial charge on any atom is 0.254 e. The normalized spacial score (nSPS) is 23.7. The number of likely N-dealkylation sites (N-methyl/N-ethyl adjacent to an activating group) is 1. The Hall–Kier alpha value is -1.62. The van der Waals surface area contributed by atoms with Gasteiger partial charge in [-0.3, -0.25) is 9.59 Å². The van der Waals surface area contributed by atoms with Crippen LogP contribution in [0, 0.1) is 5.92 Å². The molecule has 2 unspecified atom stereocenters. The molecule has 1 aromatic heterocycles. The molecule has 0 aromatic carbocycles. The van der Waals surface area contributed by atoms with E-state index in [0.29, 0.717) is 17.5 Å². The van der Waals surface area contributed by atoms with Gasteiger partial charge in [-0.1, -0.05) is 6.92 Å². The molecule has 5 nitrogen and oxygen atoms in total. The van der Waals surface area contributed by atoms with Gasteiger partial charge in [0.05, 0.1) is 0 Å². The number of hydrogen-bond acceptors (Lipinski definition) is 3. The van der Waals surface area contributed by atoms with Crippen molar-refractivity contribution in [2.45, 2.75) is 13.0 Å². The van der Waals surface area contributed by atoms with Gasteiger partial charge in [0.2, 0.25) is 5.56 Å². The van der Waals surface area contributed by atoms with E-state index in [9.17, 15) is 9.59 Å². The Bertz CT molecular complexity index is 495. The molecule has 5 heteroatoms. The Morgan fingerprint density at radius 2 is 2.17 bits per heavy atom. The first-order valence-corrected chi connectivity index (χ1v) is 6.13. The van der Waals surface area contributed by atoms with Gasteiger partial charge in [0.25, 0.3) is 5.91 Å². The number of aromatic amines is 1. The summed E-state index contributed by atoms with van der Waals surface area (Å²) in [7, 11) is 4.06. The molecule has 0 radical (unpaired) electrons. The number of H-pyrrole nitrogens is 1. The summed E-state index contributed by atoms with van der Waals surface area (Å²) in [5.74, 6) is 0.392. The average molecular weight is 249 g/mol. The Morgan fingerprint density at radius 1 is 1.44 bits per heavy atom. The van der Waals surface area contributed by atoms with Crippen molar-refractivity contribution in [1.29, 1.82) is 0 Å². The molecule has 0 bridgehead atoms. The van der Waals surface area contributed by atoms with Gasteiger partial charge in [-0.2, -0.15) is 0 Å². The van der Waals surface area contributed by atoms with Gasteiger partial charge >= 0.3 is 0 Å². The monoisotopic (exact) mass is 249 g/mol. The summed E-state index contributed by atoms with van der Waals surface area (Å²) >= 11 is 0. The fourth-order valence-corrected chi connectivity index (χ4v) is 2.55. The molecular formula is C13H19N3O2. The number of hydrogen-bond donors (Lipinski definition) is 1. The van der Waals surface area contributed by atoms with E-state index in [4.69, 9.17) is 0 Å². The molecule has 2 atom stereocenters. The number of nitrogens with one attached hydrogen (secondary N) is 1. The van der Waals surface area contributed by atoms with Crippen LogP contribution in [0.25, 0.3) is 0 Å². The number of pyridine rings is 1.